The zero-order valence-corrected chi connectivity index (χ0v) is 8.92. The molecule has 0 aliphatic heterocycles. The molecule has 0 amide bonds. The Balaban J connectivity index is 2.03. The van der Waals surface area contributed by atoms with Gasteiger partial charge in [-0.05, 0) is 44.7 Å². The van der Waals surface area contributed by atoms with Crippen molar-refractivity contribution in [3.05, 3.63) is 0 Å². The van der Waals surface area contributed by atoms with E-state index in [0.29, 0.717) is 6.04 Å². The molecule has 0 saturated heterocycles. The van der Waals surface area contributed by atoms with Gasteiger partial charge in [0.1, 0.15) is 0 Å². The molecule has 0 aromatic carbocycles. The molecule has 1 unspecified atom stereocenters. The average molecular weight is 182 g/mol. The minimum absolute atomic E-state index is 0.202. The Labute approximate surface area is 81.5 Å². The van der Waals surface area contributed by atoms with Gasteiger partial charge in [0, 0.05) is 11.6 Å². The summed E-state index contributed by atoms with van der Waals surface area (Å²) in [5.41, 5.74) is 6.54. The topological polar surface area (TPSA) is 29.3 Å². The fourth-order valence-electron chi connectivity index (χ4n) is 2.60. The molecule has 0 aromatic heterocycles. The Morgan fingerprint density at radius 1 is 1.31 bits per heavy atom. The number of nitrogens with two attached hydrogens (primary N) is 1. The minimum Gasteiger partial charge on any atom is -0.324 e. The van der Waals surface area contributed by atoms with E-state index in [1.54, 1.807) is 0 Å². The van der Waals surface area contributed by atoms with Gasteiger partial charge in [0.15, 0.2) is 0 Å². The lowest BCUT2D eigenvalue weighted by atomic mass is 10.00. The van der Waals surface area contributed by atoms with Gasteiger partial charge in [-0.15, -0.1) is 0 Å². The second kappa shape index (κ2) is 3.25. The first-order valence-corrected chi connectivity index (χ1v) is 5.74. The van der Waals surface area contributed by atoms with E-state index in [9.17, 15) is 0 Å². The van der Waals surface area contributed by atoms with Crippen LogP contribution in [0.1, 0.15) is 39.5 Å². The summed E-state index contributed by atoms with van der Waals surface area (Å²) in [7, 11) is 0. The maximum atomic E-state index is 6.34. The van der Waals surface area contributed by atoms with Gasteiger partial charge >= 0.3 is 0 Å². The Morgan fingerprint density at radius 3 is 2.15 bits per heavy atom. The lowest BCUT2D eigenvalue weighted by molar-refractivity contribution is 0.157. The van der Waals surface area contributed by atoms with Crippen molar-refractivity contribution in [1.29, 1.82) is 0 Å². The van der Waals surface area contributed by atoms with Gasteiger partial charge in [0.05, 0.1) is 0 Å². The van der Waals surface area contributed by atoms with Crippen molar-refractivity contribution in [2.45, 2.75) is 51.1 Å². The van der Waals surface area contributed by atoms with Crippen LogP contribution in [0.2, 0.25) is 0 Å². The Bertz CT molecular complexity index is 179. The zero-order valence-electron chi connectivity index (χ0n) is 8.92. The van der Waals surface area contributed by atoms with Crippen LogP contribution in [0.4, 0.5) is 0 Å². The second-order valence-electron chi connectivity index (χ2n) is 4.74. The molecule has 2 heteroatoms. The molecular weight excluding hydrogens is 160 g/mol. The van der Waals surface area contributed by atoms with E-state index in [4.69, 9.17) is 5.73 Å². The largest absolute Gasteiger partial charge is 0.324 e. The van der Waals surface area contributed by atoms with Gasteiger partial charge in [-0.2, -0.15) is 0 Å². The van der Waals surface area contributed by atoms with Crippen LogP contribution in [-0.2, 0) is 0 Å². The molecule has 2 saturated carbocycles. The minimum atomic E-state index is 0.202. The van der Waals surface area contributed by atoms with E-state index in [1.165, 1.54) is 25.7 Å². The summed E-state index contributed by atoms with van der Waals surface area (Å²) >= 11 is 0. The Kier molecular flexibility index (Phi) is 2.37. The van der Waals surface area contributed by atoms with Gasteiger partial charge in [0.2, 0.25) is 0 Å². The molecule has 0 heterocycles. The van der Waals surface area contributed by atoms with Crippen molar-refractivity contribution < 1.29 is 0 Å². The van der Waals surface area contributed by atoms with Crippen molar-refractivity contribution in [3.63, 3.8) is 0 Å². The molecule has 2 nitrogen and oxygen atoms in total. The van der Waals surface area contributed by atoms with Gasteiger partial charge < -0.3 is 5.73 Å². The fraction of sp³-hybridized carbons (Fsp3) is 1.00. The molecule has 2 fully saturated rings. The smallest absolute Gasteiger partial charge is 0.0316 e. The molecule has 2 aliphatic carbocycles. The normalized spacial score (nSPS) is 27.7. The van der Waals surface area contributed by atoms with Gasteiger partial charge in [-0.1, -0.05) is 13.8 Å². The summed E-state index contributed by atoms with van der Waals surface area (Å²) in [6, 6.07) is 0.697. The molecule has 2 rings (SSSR count). The fourth-order valence-corrected chi connectivity index (χ4v) is 2.60. The summed E-state index contributed by atoms with van der Waals surface area (Å²) in [5.74, 6) is 0.924. The molecule has 0 radical (unpaired) electrons. The number of nitrogens with zero attached hydrogens (tertiary/aromatic N) is 1. The monoisotopic (exact) mass is 182 g/mol. The predicted molar refractivity (Wildman–Crippen MR) is 55.6 cm³/mol. The van der Waals surface area contributed by atoms with Crippen molar-refractivity contribution in [2.24, 2.45) is 11.7 Å². The highest BCUT2D eigenvalue weighted by molar-refractivity contribution is 5.12. The quantitative estimate of drug-likeness (QED) is 0.699. The van der Waals surface area contributed by atoms with E-state index >= 15 is 0 Å². The van der Waals surface area contributed by atoms with Crippen LogP contribution in [0.25, 0.3) is 0 Å². The maximum absolute atomic E-state index is 6.34. The van der Waals surface area contributed by atoms with Crippen LogP contribution in [-0.4, -0.2) is 29.6 Å². The highest BCUT2D eigenvalue weighted by Crippen LogP contribution is 2.48. The number of hydrogen-bond donors (Lipinski definition) is 1. The third kappa shape index (κ3) is 1.75. The molecule has 76 valence electrons. The van der Waals surface area contributed by atoms with E-state index in [1.807, 2.05) is 0 Å². The van der Waals surface area contributed by atoms with Crippen LogP contribution in [0.15, 0.2) is 0 Å². The van der Waals surface area contributed by atoms with Crippen LogP contribution >= 0.6 is 0 Å². The van der Waals surface area contributed by atoms with Gasteiger partial charge in [0.25, 0.3) is 0 Å². The van der Waals surface area contributed by atoms with E-state index in [-0.39, 0.29) is 5.54 Å². The Hall–Kier alpha value is -0.0800. The molecule has 13 heavy (non-hydrogen) atoms. The summed E-state index contributed by atoms with van der Waals surface area (Å²) in [6.07, 6.45) is 5.34. The average Bonchev–Trinajstić information content (AvgIpc) is 2.98. The second-order valence-corrected chi connectivity index (χ2v) is 4.74. The Morgan fingerprint density at radius 2 is 1.85 bits per heavy atom. The summed E-state index contributed by atoms with van der Waals surface area (Å²) in [4.78, 5) is 2.57. The van der Waals surface area contributed by atoms with Gasteiger partial charge in [-0.3, -0.25) is 4.90 Å². The lowest BCUT2D eigenvalue weighted by Gasteiger charge is -2.34. The summed E-state index contributed by atoms with van der Waals surface area (Å²) in [5, 5.41) is 0. The third-order valence-electron chi connectivity index (χ3n) is 3.69. The lowest BCUT2D eigenvalue weighted by Crippen LogP contribution is -2.51. The third-order valence-corrected chi connectivity index (χ3v) is 3.69. The summed E-state index contributed by atoms with van der Waals surface area (Å²) in [6.45, 7) is 6.84. The highest BCUT2D eigenvalue weighted by Gasteiger charge is 2.53. The molecular formula is C11H22N2. The standard InChI is InChI=1S/C11H22N2/c1-3-13(4-2)10(9-5-6-9)11(12)7-8-11/h9-10H,3-8,12H2,1-2H3. The molecule has 0 spiro atoms. The first-order valence-electron chi connectivity index (χ1n) is 5.74. The molecule has 1 atom stereocenters. The molecule has 2 N–H and O–H groups in total. The van der Waals surface area contributed by atoms with E-state index < -0.39 is 0 Å². The van der Waals surface area contributed by atoms with Crippen molar-refractivity contribution >= 4 is 0 Å². The number of hydrogen-bond acceptors (Lipinski definition) is 2. The van der Waals surface area contributed by atoms with Crippen LogP contribution in [0.5, 0.6) is 0 Å². The van der Waals surface area contributed by atoms with E-state index in [2.05, 4.69) is 18.7 Å². The van der Waals surface area contributed by atoms with Crippen molar-refractivity contribution in [2.75, 3.05) is 13.1 Å². The van der Waals surface area contributed by atoms with E-state index in [0.717, 1.165) is 19.0 Å². The first-order chi connectivity index (χ1) is 6.21. The maximum Gasteiger partial charge on any atom is 0.0316 e. The van der Waals surface area contributed by atoms with Crippen LogP contribution in [0, 0.1) is 5.92 Å². The predicted octanol–water partition coefficient (Wildman–Crippen LogP) is 1.60. The highest BCUT2D eigenvalue weighted by atomic mass is 15.2. The number of rotatable bonds is 5. The first kappa shape index (κ1) is 9.47. The van der Waals surface area contributed by atoms with Crippen molar-refractivity contribution in [3.8, 4) is 0 Å². The van der Waals surface area contributed by atoms with Crippen LogP contribution in [0.3, 0.4) is 0 Å². The summed E-state index contributed by atoms with van der Waals surface area (Å²) < 4.78 is 0. The molecule has 2 aliphatic rings. The molecule has 0 bridgehead atoms. The number of likely N-dealkylation sites (N-methyl/N-ethyl adjacent to an activating group) is 1. The van der Waals surface area contributed by atoms with Crippen molar-refractivity contribution in [1.82, 2.24) is 4.90 Å². The van der Waals surface area contributed by atoms with Gasteiger partial charge in [-0.25, -0.2) is 0 Å². The SMILES string of the molecule is CCN(CC)C(C1CC1)C1(N)CC1. The zero-order chi connectivity index (χ0) is 9.47. The van der Waals surface area contributed by atoms with Crippen LogP contribution < -0.4 is 5.73 Å². The molecule has 0 aromatic rings.